The molecule has 0 radical (unpaired) electrons. The summed E-state index contributed by atoms with van der Waals surface area (Å²) in [6.07, 6.45) is 9.76. The SMILES string of the molecule is C[C@@H](COc1ccnc2c1[C@H](C)CCC2)CC1Cc2ccc(OCCCC(=O)N[C@@H](Cc3ccc(OCc4ccccc4)cc3)C(=O)O)cc2C12CCC(Nc1cccc(Cl)c1)(C(=O)O)CC2. The summed E-state index contributed by atoms with van der Waals surface area (Å²) in [6.45, 7) is 5.78. The van der Waals surface area contributed by atoms with Crippen LogP contribution in [0.5, 0.6) is 17.2 Å². The Hall–Kier alpha value is -6.07. The number of aryl methyl sites for hydroxylation is 1. The van der Waals surface area contributed by atoms with Crippen molar-refractivity contribution >= 4 is 35.1 Å². The molecule has 4 aromatic carbocycles. The number of ether oxygens (including phenoxy) is 3. The molecular formula is C55H62ClN3O8. The van der Waals surface area contributed by atoms with E-state index in [-0.39, 0.29) is 42.6 Å². The van der Waals surface area contributed by atoms with E-state index in [1.165, 1.54) is 16.7 Å². The molecule has 352 valence electrons. The lowest BCUT2D eigenvalue weighted by Crippen LogP contribution is -2.53. The first-order valence-corrected chi connectivity index (χ1v) is 24.2. The molecule has 3 aliphatic rings. The maximum Gasteiger partial charge on any atom is 0.329 e. The molecule has 4 N–H and O–H groups in total. The van der Waals surface area contributed by atoms with Gasteiger partial charge in [0.15, 0.2) is 0 Å². The number of carboxylic acid groups (broad SMARTS) is 2. The fraction of sp³-hybridized carbons (Fsp3) is 0.418. The number of carbonyl (C=O) groups is 3. The molecule has 5 aromatic rings. The van der Waals surface area contributed by atoms with E-state index in [4.69, 9.17) is 25.8 Å². The predicted octanol–water partition coefficient (Wildman–Crippen LogP) is 10.7. The lowest BCUT2D eigenvalue weighted by molar-refractivity contribution is -0.144. The Labute approximate surface area is 398 Å². The van der Waals surface area contributed by atoms with Gasteiger partial charge in [-0.1, -0.05) is 80.0 Å². The van der Waals surface area contributed by atoms with Gasteiger partial charge in [-0.2, -0.15) is 0 Å². The van der Waals surface area contributed by atoms with Crippen molar-refractivity contribution in [3.8, 4) is 17.2 Å². The highest BCUT2D eigenvalue weighted by Crippen LogP contribution is 2.57. The van der Waals surface area contributed by atoms with Gasteiger partial charge in [0.1, 0.15) is 35.4 Å². The molecule has 12 heteroatoms. The number of hydrogen-bond acceptors (Lipinski definition) is 8. The van der Waals surface area contributed by atoms with Crippen LogP contribution in [0.3, 0.4) is 0 Å². The minimum absolute atomic E-state index is 0.102. The summed E-state index contributed by atoms with van der Waals surface area (Å²) >= 11 is 6.32. The number of rotatable bonds is 20. The number of benzene rings is 4. The number of hydrogen-bond donors (Lipinski definition) is 4. The Morgan fingerprint density at radius 3 is 2.39 bits per heavy atom. The van der Waals surface area contributed by atoms with Gasteiger partial charge in [-0.25, -0.2) is 9.59 Å². The van der Waals surface area contributed by atoms with Gasteiger partial charge < -0.3 is 35.1 Å². The van der Waals surface area contributed by atoms with Crippen LogP contribution in [0.2, 0.25) is 5.02 Å². The maximum atomic E-state index is 13.1. The Kier molecular flexibility index (Phi) is 15.1. The van der Waals surface area contributed by atoms with Gasteiger partial charge in [0.2, 0.25) is 5.91 Å². The van der Waals surface area contributed by atoms with Crippen LogP contribution >= 0.6 is 11.6 Å². The van der Waals surface area contributed by atoms with E-state index in [1.54, 1.807) is 24.3 Å². The largest absolute Gasteiger partial charge is 0.494 e. The molecule has 8 rings (SSSR count). The van der Waals surface area contributed by atoms with Crippen LogP contribution in [-0.2, 0) is 45.7 Å². The van der Waals surface area contributed by atoms with Gasteiger partial charge in [0.25, 0.3) is 0 Å². The zero-order valence-electron chi connectivity index (χ0n) is 38.5. The van der Waals surface area contributed by atoms with Crippen LogP contribution in [0.25, 0.3) is 0 Å². The Bertz CT molecular complexity index is 2510. The van der Waals surface area contributed by atoms with E-state index in [2.05, 4.69) is 41.6 Å². The van der Waals surface area contributed by atoms with E-state index in [1.807, 2.05) is 72.9 Å². The van der Waals surface area contributed by atoms with Crippen LogP contribution in [0.4, 0.5) is 5.69 Å². The number of halogens is 1. The fourth-order valence-corrected chi connectivity index (χ4v) is 10.9. The standard InChI is InChI=1S/C55H62ClN3O8/c1-36(34-67-49-22-27-57-47-14-6-9-37(2)51(47)49)29-41-31-40-18-21-45(33-46(40)54(41)23-25-55(26-24-54,53(63)64)59-43-13-7-12-42(56)32-43)65-28-8-15-50(60)58-48(52(61)62)30-38-16-19-44(20-17-38)66-35-39-10-4-3-5-11-39/h3-5,7,10-13,16-22,27,32-33,36-37,41,48,59H,6,8-9,14-15,23-26,28-31,34-35H2,1-2H3,(H,58,60)(H,61,62)(H,63,64)/t36-,37-,41?,48+,54?,55?/m1/s1. The fourth-order valence-electron chi connectivity index (χ4n) is 10.8. The lowest BCUT2D eigenvalue weighted by Gasteiger charge is -2.47. The molecule has 0 aliphatic heterocycles. The Morgan fingerprint density at radius 1 is 0.866 bits per heavy atom. The summed E-state index contributed by atoms with van der Waals surface area (Å²) in [6, 6.07) is 31.5. The van der Waals surface area contributed by atoms with Crippen LogP contribution in [0, 0.1) is 11.8 Å². The molecule has 1 fully saturated rings. The monoisotopic (exact) mass is 927 g/mol. The summed E-state index contributed by atoms with van der Waals surface area (Å²) in [7, 11) is 0. The van der Waals surface area contributed by atoms with E-state index in [0.29, 0.717) is 73.4 Å². The number of nitrogens with zero attached hydrogens (tertiary/aromatic N) is 1. The zero-order valence-corrected chi connectivity index (χ0v) is 39.2. The highest BCUT2D eigenvalue weighted by molar-refractivity contribution is 6.30. The van der Waals surface area contributed by atoms with Crippen molar-refractivity contribution in [3.05, 3.63) is 148 Å². The van der Waals surface area contributed by atoms with Gasteiger partial charge in [0.05, 0.1) is 13.2 Å². The number of carbonyl (C=O) groups excluding carboxylic acids is 1. The third-order valence-electron chi connectivity index (χ3n) is 14.3. The van der Waals surface area contributed by atoms with E-state index in [0.717, 1.165) is 54.7 Å². The molecule has 0 bridgehead atoms. The van der Waals surface area contributed by atoms with Crippen molar-refractivity contribution in [3.63, 3.8) is 0 Å². The number of fused-ring (bicyclic) bond motifs is 3. The second kappa shape index (κ2) is 21.3. The van der Waals surface area contributed by atoms with Crippen molar-refractivity contribution < 1.29 is 38.8 Å². The number of pyridine rings is 1. The summed E-state index contributed by atoms with van der Waals surface area (Å²) < 4.78 is 18.8. The number of amides is 1. The number of aromatic nitrogens is 1. The van der Waals surface area contributed by atoms with Crippen molar-refractivity contribution in [2.45, 2.75) is 120 Å². The van der Waals surface area contributed by atoms with E-state index in [9.17, 15) is 24.6 Å². The maximum absolute atomic E-state index is 13.1. The first-order chi connectivity index (χ1) is 32.4. The first-order valence-electron chi connectivity index (χ1n) is 23.8. The second-order valence-electron chi connectivity index (χ2n) is 19.0. The summed E-state index contributed by atoms with van der Waals surface area (Å²) in [5.74, 6) is 0.886. The normalized spacial score (nSPS) is 21.6. The highest BCUT2D eigenvalue weighted by atomic mass is 35.5. The Balaban J connectivity index is 0.901. The molecule has 1 spiro atoms. The molecule has 1 saturated carbocycles. The summed E-state index contributed by atoms with van der Waals surface area (Å²) in [5, 5.41) is 27.3. The summed E-state index contributed by atoms with van der Waals surface area (Å²) in [4.78, 5) is 43.0. The molecule has 4 atom stereocenters. The van der Waals surface area contributed by atoms with Gasteiger partial charge in [-0.15, -0.1) is 0 Å². The van der Waals surface area contributed by atoms with Gasteiger partial charge in [-0.3, -0.25) is 9.78 Å². The third kappa shape index (κ3) is 11.4. The zero-order chi connectivity index (χ0) is 47.0. The smallest absolute Gasteiger partial charge is 0.329 e. The van der Waals surface area contributed by atoms with Gasteiger partial charge in [0, 0.05) is 41.0 Å². The molecular weight excluding hydrogens is 866 g/mol. The molecule has 1 amide bonds. The number of carboxylic acids is 2. The van der Waals surface area contributed by atoms with Crippen LogP contribution < -0.4 is 24.8 Å². The van der Waals surface area contributed by atoms with Crippen LogP contribution in [-0.4, -0.2) is 57.8 Å². The predicted molar refractivity (Wildman–Crippen MR) is 259 cm³/mol. The topological polar surface area (TPSA) is 156 Å². The van der Waals surface area contributed by atoms with E-state index < -0.39 is 23.5 Å². The average molecular weight is 929 g/mol. The minimum atomic E-state index is -1.15. The lowest BCUT2D eigenvalue weighted by atomic mass is 9.59. The minimum Gasteiger partial charge on any atom is -0.494 e. The molecule has 3 aliphatic carbocycles. The van der Waals surface area contributed by atoms with Crippen molar-refractivity contribution in [1.29, 1.82) is 0 Å². The number of nitrogens with one attached hydrogen (secondary N) is 2. The van der Waals surface area contributed by atoms with E-state index >= 15 is 0 Å². The van der Waals surface area contributed by atoms with Gasteiger partial charge >= 0.3 is 11.9 Å². The molecule has 1 aromatic heterocycles. The van der Waals surface area contributed by atoms with Crippen molar-refractivity contribution in [2.24, 2.45) is 11.8 Å². The van der Waals surface area contributed by atoms with Crippen LogP contribution in [0.1, 0.15) is 111 Å². The molecule has 11 nitrogen and oxygen atoms in total. The average Bonchev–Trinajstić information content (AvgIpc) is 3.61. The first kappa shape index (κ1) is 47.4. The molecule has 1 heterocycles. The third-order valence-corrected chi connectivity index (χ3v) is 14.6. The molecule has 0 saturated heterocycles. The van der Waals surface area contributed by atoms with Gasteiger partial charge in [-0.05, 0) is 158 Å². The Morgan fingerprint density at radius 2 is 1.64 bits per heavy atom. The van der Waals surface area contributed by atoms with Crippen LogP contribution in [0.15, 0.2) is 109 Å². The number of anilines is 1. The quantitative estimate of drug-likeness (QED) is 0.0554. The summed E-state index contributed by atoms with van der Waals surface area (Å²) in [5.41, 5.74) is 5.94. The second-order valence-corrected chi connectivity index (χ2v) is 19.5. The van der Waals surface area contributed by atoms with Crippen molar-refractivity contribution in [2.75, 3.05) is 18.5 Å². The highest BCUT2D eigenvalue weighted by Gasteiger charge is 2.54. The molecule has 67 heavy (non-hydrogen) atoms. The van der Waals surface area contributed by atoms with Crippen molar-refractivity contribution in [1.82, 2.24) is 10.3 Å². The molecule has 1 unspecified atom stereocenters. The number of aliphatic carboxylic acids is 2.